The molecular formula is C22H20N6O. The van der Waals surface area contributed by atoms with Gasteiger partial charge in [-0.25, -0.2) is 9.97 Å². The van der Waals surface area contributed by atoms with Crippen LogP contribution in [0.5, 0.6) is 0 Å². The van der Waals surface area contributed by atoms with Crippen LogP contribution in [0, 0.1) is 11.3 Å². The van der Waals surface area contributed by atoms with Gasteiger partial charge in [-0.15, -0.1) is 0 Å². The number of hydrogen-bond acceptors (Lipinski definition) is 6. The second-order valence-electron chi connectivity index (χ2n) is 6.71. The van der Waals surface area contributed by atoms with Crippen molar-refractivity contribution in [3.05, 3.63) is 78.1 Å². The molecule has 0 spiro atoms. The van der Waals surface area contributed by atoms with E-state index >= 15 is 0 Å². The quantitative estimate of drug-likeness (QED) is 0.744. The summed E-state index contributed by atoms with van der Waals surface area (Å²) < 4.78 is 0. The van der Waals surface area contributed by atoms with Crippen molar-refractivity contribution in [3.8, 4) is 6.07 Å². The first kappa shape index (κ1) is 18.4. The summed E-state index contributed by atoms with van der Waals surface area (Å²) in [5.41, 5.74) is 1.63. The van der Waals surface area contributed by atoms with Crippen LogP contribution in [0.25, 0.3) is 0 Å². The Balaban J connectivity index is 1.42. The lowest BCUT2D eigenvalue weighted by atomic mass is 10.2. The van der Waals surface area contributed by atoms with Gasteiger partial charge in [-0.1, -0.05) is 12.1 Å². The van der Waals surface area contributed by atoms with E-state index in [4.69, 9.17) is 5.26 Å². The Labute approximate surface area is 169 Å². The number of anilines is 3. The SMILES string of the molecule is N#Cc1cccc(NC(=O)c2ccnc(N3CCN(c4ccccn4)CC3)c2)c1. The number of nitrogens with zero attached hydrogens (tertiary/aromatic N) is 5. The lowest BCUT2D eigenvalue weighted by molar-refractivity contribution is 0.102. The smallest absolute Gasteiger partial charge is 0.255 e. The molecule has 1 N–H and O–H groups in total. The number of aromatic nitrogens is 2. The van der Waals surface area contributed by atoms with Crippen LogP contribution in [-0.2, 0) is 0 Å². The highest BCUT2D eigenvalue weighted by molar-refractivity contribution is 6.04. The van der Waals surface area contributed by atoms with E-state index in [0.717, 1.165) is 37.8 Å². The van der Waals surface area contributed by atoms with E-state index in [2.05, 4.69) is 31.2 Å². The maximum absolute atomic E-state index is 12.6. The fourth-order valence-electron chi connectivity index (χ4n) is 3.31. The standard InChI is InChI=1S/C22H20N6O/c23-16-17-4-3-5-19(14-17)26-22(29)18-7-9-25-21(15-18)28-12-10-27(11-13-28)20-6-1-2-8-24-20/h1-9,14-15H,10-13H2,(H,26,29). The number of pyridine rings is 2. The molecule has 29 heavy (non-hydrogen) atoms. The topological polar surface area (TPSA) is 85.1 Å². The highest BCUT2D eigenvalue weighted by atomic mass is 16.1. The number of nitrogens with one attached hydrogen (secondary N) is 1. The minimum absolute atomic E-state index is 0.226. The molecule has 0 unspecified atom stereocenters. The zero-order valence-corrected chi connectivity index (χ0v) is 15.8. The van der Waals surface area contributed by atoms with Crippen molar-refractivity contribution >= 4 is 23.2 Å². The largest absolute Gasteiger partial charge is 0.353 e. The summed E-state index contributed by atoms with van der Waals surface area (Å²) in [6.07, 6.45) is 3.46. The number of carbonyl (C=O) groups is 1. The van der Waals surface area contributed by atoms with Crippen LogP contribution in [0.2, 0.25) is 0 Å². The molecule has 7 nitrogen and oxygen atoms in total. The molecule has 3 heterocycles. The molecule has 1 aliphatic heterocycles. The van der Waals surface area contributed by atoms with E-state index in [9.17, 15) is 4.79 Å². The van der Waals surface area contributed by atoms with Crippen LogP contribution in [-0.4, -0.2) is 42.1 Å². The van der Waals surface area contributed by atoms with Gasteiger partial charge in [0, 0.05) is 49.8 Å². The van der Waals surface area contributed by atoms with E-state index in [-0.39, 0.29) is 5.91 Å². The molecule has 144 valence electrons. The molecule has 1 fully saturated rings. The van der Waals surface area contributed by atoms with Crippen molar-refractivity contribution in [3.63, 3.8) is 0 Å². The molecular weight excluding hydrogens is 364 g/mol. The van der Waals surface area contributed by atoms with Gasteiger partial charge >= 0.3 is 0 Å². The lowest BCUT2D eigenvalue weighted by Crippen LogP contribution is -2.47. The van der Waals surface area contributed by atoms with Gasteiger partial charge in [-0.3, -0.25) is 4.79 Å². The van der Waals surface area contributed by atoms with Crippen LogP contribution in [0.15, 0.2) is 67.0 Å². The minimum atomic E-state index is -0.226. The predicted molar refractivity (Wildman–Crippen MR) is 112 cm³/mol. The molecule has 0 aliphatic carbocycles. The van der Waals surface area contributed by atoms with Crippen molar-refractivity contribution in [1.29, 1.82) is 5.26 Å². The summed E-state index contributed by atoms with van der Waals surface area (Å²) in [7, 11) is 0. The Kier molecular flexibility index (Phi) is 5.34. The number of amides is 1. The van der Waals surface area contributed by atoms with Gasteiger partial charge in [0.05, 0.1) is 11.6 Å². The average Bonchev–Trinajstić information content (AvgIpc) is 2.80. The third-order valence-corrected chi connectivity index (χ3v) is 4.83. The lowest BCUT2D eigenvalue weighted by Gasteiger charge is -2.36. The zero-order chi connectivity index (χ0) is 20.1. The molecule has 2 aromatic heterocycles. The van der Waals surface area contributed by atoms with E-state index in [1.165, 1.54) is 0 Å². The number of rotatable bonds is 4. The summed E-state index contributed by atoms with van der Waals surface area (Å²) in [5, 5.41) is 11.8. The summed E-state index contributed by atoms with van der Waals surface area (Å²) in [4.78, 5) is 25.9. The van der Waals surface area contributed by atoms with Crippen LogP contribution in [0.1, 0.15) is 15.9 Å². The Morgan fingerprint density at radius 1 is 0.897 bits per heavy atom. The number of benzene rings is 1. The Hall–Kier alpha value is -3.92. The highest BCUT2D eigenvalue weighted by Gasteiger charge is 2.20. The second-order valence-corrected chi connectivity index (χ2v) is 6.71. The molecule has 0 saturated carbocycles. The third kappa shape index (κ3) is 4.33. The maximum atomic E-state index is 12.6. The molecule has 7 heteroatoms. The zero-order valence-electron chi connectivity index (χ0n) is 15.8. The van der Waals surface area contributed by atoms with E-state index < -0.39 is 0 Å². The first-order valence-electron chi connectivity index (χ1n) is 9.41. The fourth-order valence-corrected chi connectivity index (χ4v) is 3.31. The molecule has 0 atom stereocenters. The van der Waals surface area contributed by atoms with Gasteiger partial charge in [0.25, 0.3) is 5.91 Å². The molecule has 4 rings (SSSR count). The van der Waals surface area contributed by atoms with Crippen LogP contribution in [0.3, 0.4) is 0 Å². The third-order valence-electron chi connectivity index (χ3n) is 4.83. The Morgan fingerprint density at radius 3 is 2.38 bits per heavy atom. The fraction of sp³-hybridized carbons (Fsp3) is 0.182. The first-order chi connectivity index (χ1) is 14.2. The molecule has 1 aliphatic rings. The summed E-state index contributed by atoms with van der Waals surface area (Å²) in [6.45, 7) is 3.30. The average molecular weight is 384 g/mol. The summed E-state index contributed by atoms with van der Waals surface area (Å²) in [5.74, 6) is 1.53. The van der Waals surface area contributed by atoms with Crippen molar-refractivity contribution in [2.45, 2.75) is 0 Å². The van der Waals surface area contributed by atoms with Crippen molar-refractivity contribution in [1.82, 2.24) is 9.97 Å². The number of hydrogen-bond donors (Lipinski definition) is 1. The van der Waals surface area contributed by atoms with Crippen LogP contribution < -0.4 is 15.1 Å². The predicted octanol–water partition coefficient (Wildman–Crippen LogP) is 2.93. The van der Waals surface area contributed by atoms with Gasteiger partial charge in [0.1, 0.15) is 11.6 Å². The summed E-state index contributed by atoms with van der Waals surface area (Å²) >= 11 is 0. The molecule has 1 amide bonds. The van der Waals surface area contributed by atoms with Gasteiger partial charge in [-0.05, 0) is 42.5 Å². The van der Waals surface area contributed by atoms with Crippen molar-refractivity contribution in [2.24, 2.45) is 0 Å². The highest BCUT2D eigenvalue weighted by Crippen LogP contribution is 2.19. The van der Waals surface area contributed by atoms with Gasteiger partial charge < -0.3 is 15.1 Å². The van der Waals surface area contributed by atoms with E-state index in [1.807, 2.05) is 18.2 Å². The molecule has 0 radical (unpaired) electrons. The maximum Gasteiger partial charge on any atom is 0.255 e. The minimum Gasteiger partial charge on any atom is -0.353 e. The van der Waals surface area contributed by atoms with Crippen molar-refractivity contribution in [2.75, 3.05) is 41.3 Å². The Bertz CT molecular complexity index is 1040. The van der Waals surface area contributed by atoms with Crippen LogP contribution >= 0.6 is 0 Å². The van der Waals surface area contributed by atoms with E-state index in [1.54, 1.807) is 48.8 Å². The molecule has 1 saturated heterocycles. The number of piperazine rings is 1. The monoisotopic (exact) mass is 384 g/mol. The van der Waals surface area contributed by atoms with Gasteiger partial charge in [-0.2, -0.15) is 5.26 Å². The second kappa shape index (κ2) is 8.40. The number of nitriles is 1. The van der Waals surface area contributed by atoms with E-state index in [0.29, 0.717) is 16.8 Å². The summed E-state index contributed by atoms with van der Waals surface area (Å²) in [6, 6.07) is 18.3. The van der Waals surface area contributed by atoms with Gasteiger partial charge in [0.2, 0.25) is 0 Å². The molecule has 0 bridgehead atoms. The normalized spacial score (nSPS) is 13.6. The Morgan fingerprint density at radius 2 is 1.66 bits per heavy atom. The van der Waals surface area contributed by atoms with Crippen LogP contribution in [0.4, 0.5) is 17.3 Å². The molecule has 1 aromatic carbocycles. The first-order valence-corrected chi connectivity index (χ1v) is 9.41. The van der Waals surface area contributed by atoms with Gasteiger partial charge in [0.15, 0.2) is 0 Å². The number of carbonyl (C=O) groups excluding carboxylic acids is 1. The van der Waals surface area contributed by atoms with Crippen molar-refractivity contribution < 1.29 is 4.79 Å². The molecule has 3 aromatic rings.